The van der Waals surface area contributed by atoms with Crippen molar-refractivity contribution in [1.82, 2.24) is 15.1 Å². The average Bonchev–Trinajstić information content (AvgIpc) is 2.62. The second kappa shape index (κ2) is 7.45. The molecule has 0 radical (unpaired) electrons. The van der Waals surface area contributed by atoms with Gasteiger partial charge in [0.1, 0.15) is 0 Å². The largest absolute Gasteiger partial charge is 0.333 e. The van der Waals surface area contributed by atoms with Crippen molar-refractivity contribution in [2.75, 3.05) is 39.8 Å². The highest BCUT2D eigenvalue weighted by atomic mass is 16.2. The molecule has 2 heterocycles. The standard InChI is InChI=1S/C19H29N3O/c1-3-15-4-6-16(7-5-15)18-14-20-10-13-22(18)19(23)17-8-11-21(2)12-9-17/h4-7,17-18,20H,3,8-14H2,1-2H3. The van der Waals surface area contributed by atoms with Gasteiger partial charge in [0.25, 0.3) is 0 Å². The van der Waals surface area contributed by atoms with Gasteiger partial charge in [-0.1, -0.05) is 31.2 Å². The van der Waals surface area contributed by atoms with Gasteiger partial charge < -0.3 is 15.1 Å². The Kier molecular flexibility index (Phi) is 5.34. The number of rotatable bonds is 3. The molecule has 0 aromatic heterocycles. The van der Waals surface area contributed by atoms with E-state index in [0.29, 0.717) is 5.91 Å². The number of carbonyl (C=O) groups is 1. The molecule has 4 heteroatoms. The van der Waals surface area contributed by atoms with Gasteiger partial charge in [0.15, 0.2) is 0 Å². The molecule has 1 aromatic carbocycles. The first-order valence-electron chi connectivity index (χ1n) is 8.97. The minimum atomic E-state index is 0.182. The third-order valence-corrected chi connectivity index (χ3v) is 5.37. The minimum absolute atomic E-state index is 0.182. The zero-order chi connectivity index (χ0) is 16.2. The van der Waals surface area contributed by atoms with Crippen molar-refractivity contribution in [3.63, 3.8) is 0 Å². The SMILES string of the molecule is CCc1ccc(C2CNCCN2C(=O)C2CCN(C)CC2)cc1. The summed E-state index contributed by atoms with van der Waals surface area (Å²) in [6.45, 7) is 6.85. The van der Waals surface area contributed by atoms with Crippen LogP contribution in [0.5, 0.6) is 0 Å². The highest BCUT2D eigenvalue weighted by Crippen LogP contribution is 2.27. The summed E-state index contributed by atoms with van der Waals surface area (Å²) in [6, 6.07) is 8.98. The highest BCUT2D eigenvalue weighted by Gasteiger charge is 2.33. The number of nitrogens with zero attached hydrogens (tertiary/aromatic N) is 2. The van der Waals surface area contributed by atoms with E-state index in [1.807, 2.05) is 0 Å². The molecular weight excluding hydrogens is 286 g/mol. The van der Waals surface area contributed by atoms with Crippen molar-refractivity contribution in [1.29, 1.82) is 0 Å². The normalized spacial score (nSPS) is 23.9. The fourth-order valence-electron chi connectivity index (χ4n) is 3.73. The van der Waals surface area contributed by atoms with Crippen molar-refractivity contribution < 1.29 is 4.79 Å². The molecule has 2 saturated heterocycles. The molecule has 0 bridgehead atoms. The van der Waals surface area contributed by atoms with E-state index in [1.165, 1.54) is 11.1 Å². The predicted molar refractivity (Wildman–Crippen MR) is 93.4 cm³/mol. The van der Waals surface area contributed by atoms with Crippen LogP contribution in [0, 0.1) is 5.92 Å². The van der Waals surface area contributed by atoms with E-state index >= 15 is 0 Å². The van der Waals surface area contributed by atoms with Crippen molar-refractivity contribution in [3.8, 4) is 0 Å². The number of aryl methyl sites for hydroxylation is 1. The molecule has 1 N–H and O–H groups in total. The van der Waals surface area contributed by atoms with Crippen molar-refractivity contribution in [2.24, 2.45) is 5.92 Å². The van der Waals surface area contributed by atoms with Gasteiger partial charge in [-0.25, -0.2) is 0 Å². The molecule has 0 aliphatic carbocycles. The fourth-order valence-corrected chi connectivity index (χ4v) is 3.73. The van der Waals surface area contributed by atoms with Crippen LogP contribution in [0.3, 0.4) is 0 Å². The second-order valence-electron chi connectivity index (χ2n) is 6.92. The molecular formula is C19H29N3O. The van der Waals surface area contributed by atoms with E-state index in [1.54, 1.807) is 0 Å². The third-order valence-electron chi connectivity index (χ3n) is 5.37. The number of nitrogens with one attached hydrogen (secondary N) is 1. The van der Waals surface area contributed by atoms with Crippen LogP contribution < -0.4 is 5.32 Å². The second-order valence-corrected chi connectivity index (χ2v) is 6.92. The topological polar surface area (TPSA) is 35.6 Å². The van der Waals surface area contributed by atoms with Crippen LogP contribution in [0.4, 0.5) is 0 Å². The van der Waals surface area contributed by atoms with Crippen molar-refractivity contribution in [3.05, 3.63) is 35.4 Å². The van der Waals surface area contributed by atoms with Gasteiger partial charge >= 0.3 is 0 Å². The van der Waals surface area contributed by atoms with Crippen LogP contribution in [0.1, 0.15) is 36.9 Å². The first kappa shape index (κ1) is 16.5. The van der Waals surface area contributed by atoms with Crippen molar-refractivity contribution >= 4 is 5.91 Å². The van der Waals surface area contributed by atoms with Crippen LogP contribution in [-0.4, -0.2) is 55.5 Å². The number of likely N-dealkylation sites (tertiary alicyclic amines) is 1. The summed E-state index contributed by atoms with van der Waals surface area (Å²) in [6.07, 6.45) is 3.06. The number of piperidine rings is 1. The molecule has 0 spiro atoms. The third kappa shape index (κ3) is 3.75. The van der Waals surface area contributed by atoms with Gasteiger partial charge in [0, 0.05) is 25.6 Å². The monoisotopic (exact) mass is 315 g/mol. The molecule has 2 aliphatic heterocycles. The summed E-state index contributed by atoms with van der Waals surface area (Å²) >= 11 is 0. The molecule has 1 unspecified atom stereocenters. The van der Waals surface area contributed by atoms with Gasteiger partial charge in [0.05, 0.1) is 6.04 Å². The molecule has 1 atom stereocenters. The highest BCUT2D eigenvalue weighted by molar-refractivity contribution is 5.79. The van der Waals surface area contributed by atoms with Gasteiger partial charge in [0.2, 0.25) is 5.91 Å². The van der Waals surface area contributed by atoms with E-state index in [9.17, 15) is 4.79 Å². The van der Waals surface area contributed by atoms with E-state index in [2.05, 4.69) is 53.4 Å². The van der Waals surface area contributed by atoms with Gasteiger partial charge in [-0.3, -0.25) is 4.79 Å². The Bertz CT molecular complexity index is 520. The van der Waals surface area contributed by atoms with Crippen LogP contribution >= 0.6 is 0 Å². The molecule has 126 valence electrons. The number of hydrogen-bond acceptors (Lipinski definition) is 3. The minimum Gasteiger partial charge on any atom is -0.333 e. The lowest BCUT2D eigenvalue weighted by molar-refractivity contribution is -0.140. The fraction of sp³-hybridized carbons (Fsp3) is 0.632. The Hall–Kier alpha value is -1.39. The molecule has 1 amide bonds. The first-order chi connectivity index (χ1) is 11.2. The van der Waals surface area contributed by atoms with E-state index < -0.39 is 0 Å². The van der Waals surface area contributed by atoms with Crippen LogP contribution in [-0.2, 0) is 11.2 Å². The molecule has 23 heavy (non-hydrogen) atoms. The molecule has 2 fully saturated rings. The Morgan fingerprint density at radius 1 is 1.17 bits per heavy atom. The Labute approximate surface area is 139 Å². The Morgan fingerprint density at radius 3 is 2.52 bits per heavy atom. The zero-order valence-corrected chi connectivity index (χ0v) is 14.4. The quantitative estimate of drug-likeness (QED) is 0.927. The summed E-state index contributed by atoms with van der Waals surface area (Å²) in [7, 11) is 2.14. The molecule has 1 aromatic rings. The number of amides is 1. The molecule has 4 nitrogen and oxygen atoms in total. The van der Waals surface area contributed by atoms with Crippen LogP contribution in [0.15, 0.2) is 24.3 Å². The Morgan fingerprint density at radius 2 is 1.87 bits per heavy atom. The maximum Gasteiger partial charge on any atom is 0.226 e. The van der Waals surface area contributed by atoms with Crippen LogP contribution in [0.2, 0.25) is 0 Å². The predicted octanol–water partition coefficient (Wildman–Crippen LogP) is 2.06. The van der Waals surface area contributed by atoms with E-state index in [4.69, 9.17) is 0 Å². The van der Waals surface area contributed by atoms with Gasteiger partial charge in [-0.05, 0) is 50.5 Å². The summed E-state index contributed by atoms with van der Waals surface area (Å²) in [5, 5.41) is 3.45. The summed E-state index contributed by atoms with van der Waals surface area (Å²) in [5.41, 5.74) is 2.61. The lowest BCUT2D eigenvalue weighted by atomic mass is 9.93. The number of hydrogen-bond donors (Lipinski definition) is 1. The summed E-state index contributed by atoms with van der Waals surface area (Å²) in [5.74, 6) is 0.575. The van der Waals surface area contributed by atoms with E-state index in [0.717, 1.165) is 52.0 Å². The number of piperazine rings is 1. The van der Waals surface area contributed by atoms with Gasteiger partial charge in [-0.2, -0.15) is 0 Å². The number of benzene rings is 1. The average molecular weight is 315 g/mol. The maximum absolute atomic E-state index is 13.0. The molecule has 3 rings (SSSR count). The summed E-state index contributed by atoms with van der Waals surface area (Å²) < 4.78 is 0. The van der Waals surface area contributed by atoms with Crippen molar-refractivity contribution in [2.45, 2.75) is 32.2 Å². The van der Waals surface area contributed by atoms with Crippen LogP contribution in [0.25, 0.3) is 0 Å². The number of carbonyl (C=O) groups excluding carboxylic acids is 1. The Balaban J connectivity index is 1.73. The van der Waals surface area contributed by atoms with E-state index in [-0.39, 0.29) is 12.0 Å². The molecule has 2 aliphatic rings. The lowest BCUT2D eigenvalue weighted by Gasteiger charge is -2.40. The smallest absolute Gasteiger partial charge is 0.226 e. The van der Waals surface area contributed by atoms with Gasteiger partial charge in [-0.15, -0.1) is 0 Å². The summed E-state index contributed by atoms with van der Waals surface area (Å²) in [4.78, 5) is 17.5. The maximum atomic E-state index is 13.0. The lowest BCUT2D eigenvalue weighted by Crippen LogP contribution is -2.51. The first-order valence-corrected chi connectivity index (χ1v) is 8.97. The zero-order valence-electron chi connectivity index (χ0n) is 14.4. The molecule has 0 saturated carbocycles.